The molecule has 1 aliphatic rings. The smallest absolute Gasteiger partial charge is 0.181 e. The Balaban J connectivity index is 1.81. The van der Waals surface area contributed by atoms with E-state index in [0.29, 0.717) is 0 Å². The van der Waals surface area contributed by atoms with Crippen LogP contribution in [0.4, 0.5) is 5.69 Å². The normalized spacial score (nSPS) is 16.3. The molecule has 0 unspecified atom stereocenters. The minimum Gasteiger partial charge on any atom is -0.373 e. The Kier molecular flexibility index (Phi) is 5.16. The van der Waals surface area contributed by atoms with Gasteiger partial charge in [-0.2, -0.15) is 4.68 Å². The van der Waals surface area contributed by atoms with Crippen molar-refractivity contribution in [2.75, 3.05) is 5.32 Å². The number of para-hydroxylation sites is 1. The van der Waals surface area contributed by atoms with Crippen LogP contribution >= 0.6 is 22.6 Å². The summed E-state index contributed by atoms with van der Waals surface area (Å²) in [7, 11) is 0. The summed E-state index contributed by atoms with van der Waals surface area (Å²) in [5.41, 5.74) is 4.33. The SMILES string of the molecule is Cc1cccc(C)c1-n1nnnc1C1(Nc2ccc(I)cc2)CCCCC1. The predicted octanol–water partition coefficient (Wildman–Crippen LogP) is 5.16. The van der Waals surface area contributed by atoms with E-state index in [-0.39, 0.29) is 5.54 Å². The zero-order valence-corrected chi connectivity index (χ0v) is 17.9. The highest BCUT2D eigenvalue weighted by Crippen LogP contribution is 2.40. The number of anilines is 1. The van der Waals surface area contributed by atoms with Crippen molar-refractivity contribution in [2.45, 2.75) is 51.5 Å². The van der Waals surface area contributed by atoms with Crippen LogP contribution in [-0.2, 0) is 5.54 Å². The molecule has 0 spiro atoms. The van der Waals surface area contributed by atoms with Gasteiger partial charge in [-0.1, -0.05) is 37.5 Å². The van der Waals surface area contributed by atoms with Crippen LogP contribution in [0.2, 0.25) is 0 Å². The van der Waals surface area contributed by atoms with Crippen LogP contribution in [0.15, 0.2) is 42.5 Å². The molecule has 3 aromatic rings. The first-order valence-electron chi connectivity index (χ1n) is 9.48. The summed E-state index contributed by atoms with van der Waals surface area (Å²) in [6.45, 7) is 4.24. The number of nitrogens with one attached hydrogen (secondary N) is 1. The third-order valence-corrected chi connectivity index (χ3v) is 6.20. The van der Waals surface area contributed by atoms with Crippen LogP contribution in [0, 0.1) is 17.4 Å². The van der Waals surface area contributed by atoms with Crippen LogP contribution in [-0.4, -0.2) is 20.2 Å². The van der Waals surface area contributed by atoms with Gasteiger partial charge in [0.1, 0.15) is 0 Å². The Labute approximate surface area is 173 Å². The summed E-state index contributed by atoms with van der Waals surface area (Å²) in [5.74, 6) is 0.915. The lowest BCUT2D eigenvalue weighted by molar-refractivity contribution is 0.309. The fraction of sp³-hybridized carbons (Fsp3) is 0.381. The van der Waals surface area contributed by atoms with Crippen LogP contribution in [0.3, 0.4) is 0 Å². The van der Waals surface area contributed by atoms with E-state index >= 15 is 0 Å². The molecular formula is C21H24IN5. The highest BCUT2D eigenvalue weighted by atomic mass is 127. The average molecular weight is 473 g/mol. The third-order valence-electron chi connectivity index (χ3n) is 5.48. The minimum absolute atomic E-state index is 0.247. The number of hydrogen-bond donors (Lipinski definition) is 1. The van der Waals surface area contributed by atoms with Gasteiger partial charge < -0.3 is 5.32 Å². The molecule has 1 fully saturated rings. The molecule has 0 amide bonds. The summed E-state index contributed by atoms with van der Waals surface area (Å²) in [6.07, 6.45) is 5.68. The molecule has 4 rings (SSSR count). The molecule has 6 heteroatoms. The lowest BCUT2D eigenvalue weighted by Crippen LogP contribution is -2.40. The first kappa shape index (κ1) is 18.4. The zero-order valence-electron chi connectivity index (χ0n) is 15.7. The van der Waals surface area contributed by atoms with E-state index in [0.717, 1.165) is 30.0 Å². The number of halogens is 1. The van der Waals surface area contributed by atoms with Crippen molar-refractivity contribution in [1.29, 1.82) is 0 Å². The molecule has 140 valence electrons. The van der Waals surface area contributed by atoms with E-state index < -0.39 is 0 Å². The molecule has 1 aliphatic carbocycles. The fourth-order valence-electron chi connectivity index (χ4n) is 4.15. The van der Waals surface area contributed by atoms with Crippen molar-refractivity contribution in [3.05, 3.63) is 63.0 Å². The van der Waals surface area contributed by atoms with Gasteiger partial charge in [0.2, 0.25) is 0 Å². The molecule has 1 heterocycles. The summed E-state index contributed by atoms with van der Waals surface area (Å²) in [5, 5.41) is 16.8. The molecule has 5 nitrogen and oxygen atoms in total. The van der Waals surface area contributed by atoms with Crippen molar-refractivity contribution in [3.8, 4) is 5.69 Å². The number of aryl methyl sites for hydroxylation is 2. The number of hydrogen-bond acceptors (Lipinski definition) is 4. The van der Waals surface area contributed by atoms with Gasteiger partial charge in [-0.25, -0.2) is 0 Å². The maximum absolute atomic E-state index is 4.52. The van der Waals surface area contributed by atoms with Gasteiger partial charge in [0.15, 0.2) is 5.82 Å². The summed E-state index contributed by atoms with van der Waals surface area (Å²) in [6, 6.07) is 14.9. The number of nitrogens with zero attached hydrogens (tertiary/aromatic N) is 4. The topological polar surface area (TPSA) is 55.6 Å². The number of rotatable bonds is 4. The Morgan fingerprint density at radius 3 is 2.30 bits per heavy atom. The van der Waals surface area contributed by atoms with Crippen LogP contribution < -0.4 is 5.32 Å². The standard InChI is InChI=1S/C21H24IN5/c1-15-7-6-8-16(2)19(15)27-20(24-25-26-27)21(13-4-3-5-14-21)23-18-11-9-17(22)10-12-18/h6-12,23H,3-5,13-14H2,1-2H3. The summed E-state index contributed by atoms with van der Waals surface area (Å²) in [4.78, 5) is 0. The molecule has 0 aliphatic heterocycles. The zero-order chi connectivity index (χ0) is 18.9. The molecule has 2 aromatic carbocycles. The number of aromatic nitrogens is 4. The molecule has 27 heavy (non-hydrogen) atoms. The minimum atomic E-state index is -0.247. The molecule has 0 saturated heterocycles. The van der Waals surface area contributed by atoms with Gasteiger partial charge in [-0.15, -0.1) is 5.10 Å². The second-order valence-electron chi connectivity index (χ2n) is 7.43. The second-order valence-corrected chi connectivity index (χ2v) is 8.68. The van der Waals surface area contributed by atoms with E-state index in [1.807, 2.05) is 4.68 Å². The predicted molar refractivity (Wildman–Crippen MR) is 116 cm³/mol. The maximum atomic E-state index is 4.52. The molecular weight excluding hydrogens is 449 g/mol. The second kappa shape index (κ2) is 7.58. The van der Waals surface area contributed by atoms with Crippen molar-refractivity contribution in [3.63, 3.8) is 0 Å². The molecule has 1 N–H and O–H groups in total. The quantitative estimate of drug-likeness (QED) is 0.533. The van der Waals surface area contributed by atoms with Gasteiger partial charge in [0, 0.05) is 9.26 Å². The first-order chi connectivity index (χ1) is 13.1. The largest absolute Gasteiger partial charge is 0.373 e. The van der Waals surface area contributed by atoms with Crippen LogP contribution in [0.25, 0.3) is 5.69 Å². The van der Waals surface area contributed by atoms with E-state index in [2.05, 4.69) is 99.7 Å². The Hall–Kier alpha value is -1.96. The first-order valence-corrected chi connectivity index (χ1v) is 10.6. The molecule has 0 radical (unpaired) electrons. The Morgan fingerprint density at radius 1 is 0.963 bits per heavy atom. The van der Waals surface area contributed by atoms with E-state index in [4.69, 9.17) is 0 Å². The highest BCUT2D eigenvalue weighted by Gasteiger charge is 2.39. The number of tetrazole rings is 1. The van der Waals surface area contributed by atoms with E-state index in [9.17, 15) is 0 Å². The number of benzene rings is 2. The van der Waals surface area contributed by atoms with Crippen molar-refractivity contribution >= 4 is 28.3 Å². The van der Waals surface area contributed by atoms with Crippen LogP contribution in [0.5, 0.6) is 0 Å². The Bertz CT molecular complexity index is 906. The summed E-state index contributed by atoms with van der Waals surface area (Å²) < 4.78 is 3.19. The van der Waals surface area contributed by atoms with Crippen LogP contribution in [0.1, 0.15) is 49.1 Å². The lowest BCUT2D eigenvalue weighted by atomic mass is 9.80. The molecule has 0 bridgehead atoms. The maximum Gasteiger partial charge on any atom is 0.181 e. The molecule has 1 saturated carbocycles. The van der Waals surface area contributed by atoms with Crippen molar-refractivity contribution < 1.29 is 0 Å². The molecule has 0 atom stereocenters. The Morgan fingerprint density at radius 2 is 1.63 bits per heavy atom. The van der Waals surface area contributed by atoms with Crippen molar-refractivity contribution in [1.82, 2.24) is 20.2 Å². The van der Waals surface area contributed by atoms with Gasteiger partial charge >= 0.3 is 0 Å². The van der Waals surface area contributed by atoms with Gasteiger partial charge in [0.25, 0.3) is 0 Å². The highest BCUT2D eigenvalue weighted by molar-refractivity contribution is 14.1. The third kappa shape index (κ3) is 3.59. The van der Waals surface area contributed by atoms with Gasteiger partial charge in [0.05, 0.1) is 11.2 Å². The van der Waals surface area contributed by atoms with E-state index in [1.54, 1.807) is 0 Å². The van der Waals surface area contributed by atoms with Crippen molar-refractivity contribution in [2.24, 2.45) is 0 Å². The average Bonchev–Trinajstić information content (AvgIpc) is 3.14. The summed E-state index contributed by atoms with van der Waals surface area (Å²) >= 11 is 2.34. The lowest BCUT2D eigenvalue weighted by Gasteiger charge is -2.38. The monoisotopic (exact) mass is 473 g/mol. The van der Waals surface area contributed by atoms with Gasteiger partial charge in [-0.05, 0) is 95.1 Å². The van der Waals surface area contributed by atoms with E-state index in [1.165, 1.54) is 34.0 Å². The fourth-order valence-corrected chi connectivity index (χ4v) is 4.50. The van der Waals surface area contributed by atoms with Gasteiger partial charge in [-0.3, -0.25) is 0 Å². The molecule has 1 aromatic heterocycles.